The molecular formula is C17H29NO2. The summed E-state index contributed by atoms with van der Waals surface area (Å²) in [5, 5.41) is 3.66. The monoisotopic (exact) mass is 279 g/mol. The van der Waals surface area contributed by atoms with Crippen LogP contribution in [0.15, 0.2) is 18.2 Å². The summed E-state index contributed by atoms with van der Waals surface area (Å²) in [6, 6.07) is 6.72. The topological polar surface area (TPSA) is 30.5 Å². The zero-order valence-corrected chi connectivity index (χ0v) is 13.5. The van der Waals surface area contributed by atoms with Crippen LogP contribution < -0.4 is 10.1 Å². The van der Waals surface area contributed by atoms with Crippen LogP contribution >= 0.6 is 0 Å². The molecule has 3 nitrogen and oxygen atoms in total. The fourth-order valence-electron chi connectivity index (χ4n) is 2.56. The van der Waals surface area contributed by atoms with Gasteiger partial charge in [-0.05, 0) is 55.5 Å². The highest BCUT2D eigenvalue weighted by molar-refractivity contribution is 5.36. The Morgan fingerprint density at radius 3 is 2.55 bits per heavy atom. The fourth-order valence-corrected chi connectivity index (χ4v) is 2.56. The van der Waals surface area contributed by atoms with Crippen molar-refractivity contribution in [3.8, 4) is 5.75 Å². The van der Waals surface area contributed by atoms with Crippen molar-refractivity contribution in [1.29, 1.82) is 0 Å². The lowest BCUT2D eigenvalue weighted by atomic mass is 9.93. The highest BCUT2D eigenvalue weighted by atomic mass is 16.5. The zero-order chi connectivity index (χ0) is 15.0. The maximum atomic E-state index is 5.29. The van der Waals surface area contributed by atoms with E-state index in [1.54, 1.807) is 14.2 Å². The Bertz CT molecular complexity index is 393. The van der Waals surface area contributed by atoms with Crippen LogP contribution in [0.3, 0.4) is 0 Å². The standard InChI is InChI=1S/C17H29NO2/c1-6-9-18-17(10-13(2)12-19-4)16-8-7-15(20-5)11-14(16)3/h7-8,11,13,17-18H,6,9-10,12H2,1-5H3. The Morgan fingerprint density at radius 1 is 1.25 bits per heavy atom. The summed E-state index contributed by atoms with van der Waals surface area (Å²) in [4.78, 5) is 0. The van der Waals surface area contributed by atoms with Crippen molar-refractivity contribution in [2.45, 2.75) is 39.7 Å². The molecule has 0 radical (unpaired) electrons. The first-order valence-electron chi connectivity index (χ1n) is 7.49. The summed E-state index contributed by atoms with van der Waals surface area (Å²) in [5.74, 6) is 1.46. The van der Waals surface area contributed by atoms with Gasteiger partial charge in [-0.3, -0.25) is 0 Å². The molecule has 0 spiro atoms. The van der Waals surface area contributed by atoms with Gasteiger partial charge in [0.1, 0.15) is 5.75 Å². The SMILES string of the molecule is CCCNC(CC(C)COC)c1ccc(OC)cc1C. The third-order valence-corrected chi connectivity index (χ3v) is 3.58. The van der Waals surface area contributed by atoms with Crippen LogP contribution in [0.1, 0.15) is 43.9 Å². The van der Waals surface area contributed by atoms with Crippen molar-refractivity contribution in [3.05, 3.63) is 29.3 Å². The summed E-state index contributed by atoms with van der Waals surface area (Å²) in [7, 11) is 3.48. The van der Waals surface area contributed by atoms with E-state index < -0.39 is 0 Å². The smallest absolute Gasteiger partial charge is 0.119 e. The lowest BCUT2D eigenvalue weighted by Crippen LogP contribution is -2.25. The minimum absolute atomic E-state index is 0.381. The first kappa shape index (κ1) is 17.0. The summed E-state index contributed by atoms with van der Waals surface area (Å²) < 4.78 is 10.6. The van der Waals surface area contributed by atoms with Gasteiger partial charge in [0.05, 0.1) is 7.11 Å². The zero-order valence-electron chi connectivity index (χ0n) is 13.5. The van der Waals surface area contributed by atoms with Crippen LogP contribution in [-0.4, -0.2) is 27.4 Å². The molecule has 0 aliphatic carbocycles. The van der Waals surface area contributed by atoms with E-state index in [9.17, 15) is 0 Å². The van der Waals surface area contributed by atoms with Crippen molar-refractivity contribution < 1.29 is 9.47 Å². The average Bonchev–Trinajstić information content (AvgIpc) is 2.43. The van der Waals surface area contributed by atoms with Gasteiger partial charge >= 0.3 is 0 Å². The van der Waals surface area contributed by atoms with Gasteiger partial charge in [0.2, 0.25) is 0 Å². The van der Waals surface area contributed by atoms with E-state index in [1.807, 2.05) is 6.07 Å². The number of ether oxygens (including phenoxy) is 2. The molecule has 0 heterocycles. The molecule has 0 aliphatic heterocycles. The van der Waals surface area contributed by atoms with Crippen molar-refractivity contribution >= 4 is 0 Å². The molecule has 3 heteroatoms. The Balaban J connectivity index is 2.85. The minimum atomic E-state index is 0.381. The van der Waals surface area contributed by atoms with Crippen LogP contribution in [0, 0.1) is 12.8 Å². The maximum Gasteiger partial charge on any atom is 0.119 e. The van der Waals surface area contributed by atoms with Crippen molar-refractivity contribution in [2.24, 2.45) is 5.92 Å². The lowest BCUT2D eigenvalue weighted by Gasteiger charge is -2.24. The normalized spacial score (nSPS) is 14.1. The Labute approximate surface area is 123 Å². The molecule has 0 amide bonds. The molecule has 0 aromatic heterocycles. The number of aryl methyl sites for hydroxylation is 1. The third kappa shape index (κ3) is 5.14. The van der Waals surface area contributed by atoms with Crippen molar-refractivity contribution in [2.75, 3.05) is 27.4 Å². The molecule has 114 valence electrons. The quantitative estimate of drug-likeness (QED) is 0.747. The van der Waals surface area contributed by atoms with Gasteiger partial charge in [-0.25, -0.2) is 0 Å². The fraction of sp³-hybridized carbons (Fsp3) is 0.647. The highest BCUT2D eigenvalue weighted by Crippen LogP contribution is 2.27. The Hall–Kier alpha value is -1.06. The van der Waals surface area contributed by atoms with Crippen LogP contribution in [0.4, 0.5) is 0 Å². The molecule has 0 saturated heterocycles. The molecule has 0 aliphatic rings. The molecule has 20 heavy (non-hydrogen) atoms. The molecule has 2 unspecified atom stereocenters. The van der Waals surface area contributed by atoms with E-state index in [0.717, 1.165) is 31.7 Å². The van der Waals surface area contributed by atoms with E-state index in [2.05, 4.69) is 38.2 Å². The summed E-state index contributed by atoms with van der Waals surface area (Å²) in [6.07, 6.45) is 2.23. The third-order valence-electron chi connectivity index (χ3n) is 3.58. The second kappa shape index (κ2) is 8.98. The molecule has 2 atom stereocenters. The largest absolute Gasteiger partial charge is 0.497 e. The molecule has 1 N–H and O–H groups in total. The molecule has 0 saturated carbocycles. The maximum absolute atomic E-state index is 5.29. The van der Waals surface area contributed by atoms with Gasteiger partial charge in [-0.15, -0.1) is 0 Å². The summed E-state index contributed by atoms with van der Waals surface area (Å²) in [6.45, 7) is 8.43. The summed E-state index contributed by atoms with van der Waals surface area (Å²) >= 11 is 0. The van der Waals surface area contributed by atoms with Crippen molar-refractivity contribution in [1.82, 2.24) is 5.32 Å². The molecule has 1 rings (SSSR count). The lowest BCUT2D eigenvalue weighted by molar-refractivity contribution is 0.149. The van der Waals surface area contributed by atoms with Gasteiger partial charge in [0.15, 0.2) is 0 Å². The van der Waals surface area contributed by atoms with Gasteiger partial charge in [0.25, 0.3) is 0 Å². The second-order valence-corrected chi connectivity index (χ2v) is 5.53. The Morgan fingerprint density at radius 2 is 2.00 bits per heavy atom. The number of hydrogen-bond donors (Lipinski definition) is 1. The number of hydrogen-bond acceptors (Lipinski definition) is 3. The van der Waals surface area contributed by atoms with Gasteiger partial charge < -0.3 is 14.8 Å². The number of benzene rings is 1. The number of methoxy groups -OCH3 is 2. The first-order chi connectivity index (χ1) is 9.62. The van der Waals surface area contributed by atoms with Gasteiger partial charge in [0, 0.05) is 19.8 Å². The molecule has 0 fully saturated rings. The van der Waals surface area contributed by atoms with Crippen LogP contribution in [0.5, 0.6) is 5.75 Å². The highest BCUT2D eigenvalue weighted by Gasteiger charge is 2.17. The predicted molar refractivity (Wildman–Crippen MR) is 84.4 cm³/mol. The summed E-state index contributed by atoms with van der Waals surface area (Å²) in [5.41, 5.74) is 2.64. The average molecular weight is 279 g/mol. The molecule has 1 aromatic carbocycles. The van der Waals surface area contributed by atoms with Gasteiger partial charge in [-0.1, -0.05) is 19.9 Å². The van der Waals surface area contributed by atoms with Crippen LogP contribution in [0.25, 0.3) is 0 Å². The van der Waals surface area contributed by atoms with Crippen LogP contribution in [0.2, 0.25) is 0 Å². The number of rotatable bonds is 9. The molecular weight excluding hydrogens is 250 g/mol. The van der Waals surface area contributed by atoms with Gasteiger partial charge in [-0.2, -0.15) is 0 Å². The molecule has 0 bridgehead atoms. The van der Waals surface area contributed by atoms with E-state index in [0.29, 0.717) is 12.0 Å². The second-order valence-electron chi connectivity index (χ2n) is 5.53. The predicted octanol–water partition coefficient (Wildman–Crippen LogP) is 3.72. The first-order valence-corrected chi connectivity index (χ1v) is 7.49. The minimum Gasteiger partial charge on any atom is -0.497 e. The van der Waals surface area contributed by atoms with E-state index in [4.69, 9.17) is 9.47 Å². The van der Waals surface area contributed by atoms with E-state index in [1.165, 1.54) is 11.1 Å². The number of nitrogens with one attached hydrogen (secondary N) is 1. The van der Waals surface area contributed by atoms with E-state index in [-0.39, 0.29) is 0 Å². The molecule has 1 aromatic rings. The van der Waals surface area contributed by atoms with Crippen LogP contribution in [-0.2, 0) is 4.74 Å². The Kier molecular flexibility index (Phi) is 7.63. The van der Waals surface area contributed by atoms with Crippen molar-refractivity contribution in [3.63, 3.8) is 0 Å². The van der Waals surface area contributed by atoms with E-state index >= 15 is 0 Å².